The number of hydrogen-bond donors (Lipinski definition) is 0. The van der Waals surface area contributed by atoms with Crippen LogP contribution in [-0.2, 0) is 4.74 Å². The van der Waals surface area contributed by atoms with Crippen LogP contribution in [0.3, 0.4) is 0 Å². The lowest BCUT2D eigenvalue weighted by atomic mass is 9.73. The second-order valence-corrected chi connectivity index (χ2v) is 7.13. The van der Waals surface area contributed by atoms with E-state index in [0.717, 1.165) is 32.8 Å². The van der Waals surface area contributed by atoms with Gasteiger partial charge in [-0.1, -0.05) is 13.8 Å². The molecule has 0 saturated carbocycles. The third-order valence-corrected chi connectivity index (χ3v) is 4.76. The Morgan fingerprint density at radius 1 is 1.14 bits per heavy atom. The summed E-state index contributed by atoms with van der Waals surface area (Å²) in [5, 5.41) is 0. The fourth-order valence-electron chi connectivity index (χ4n) is 3.64. The summed E-state index contributed by atoms with van der Waals surface area (Å²) in [5.74, 6) is -1.18. The number of hydrogen-bond acceptors (Lipinski definition) is 3. The maximum Gasteiger partial charge on any atom is 0.392 e. The monoisotopic (exact) mass is 308 g/mol. The topological polar surface area (TPSA) is 15.7 Å². The summed E-state index contributed by atoms with van der Waals surface area (Å²) in [7, 11) is 0. The first-order chi connectivity index (χ1) is 9.68. The zero-order valence-electron chi connectivity index (χ0n) is 13.2. The van der Waals surface area contributed by atoms with Crippen molar-refractivity contribution in [2.24, 2.45) is 11.3 Å². The summed E-state index contributed by atoms with van der Waals surface area (Å²) in [6, 6.07) is 0. The quantitative estimate of drug-likeness (QED) is 0.797. The van der Waals surface area contributed by atoms with Crippen molar-refractivity contribution in [3.05, 3.63) is 0 Å². The van der Waals surface area contributed by atoms with Gasteiger partial charge in [-0.2, -0.15) is 13.2 Å². The van der Waals surface area contributed by atoms with Gasteiger partial charge < -0.3 is 9.64 Å². The molecule has 2 rings (SSSR count). The molecule has 124 valence electrons. The van der Waals surface area contributed by atoms with E-state index in [9.17, 15) is 13.2 Å². The molecule has 2 aliphatic heterocycles. The molecule has 6 heteroatoms. The van der Waals surface area contributed by atoms with Crippen LogP contribution in [0.25, 0.3) is 0 Å². The van der Waals surface area contributed by atoms with Crippen molar-refractivity contribution in [3.8, 4) is 0 Å². The van der Waals surface area contributed by atoms with Gasteiger partial charge in [0.25, 0.3) is 0 Å². The predicted molar refractivity (Wildman–Crippen MR) is 76.2 cm³/mol. The van der Waals surface area contributed by atoms with Crippen LogP contribution in [0.1, 0.15) is 27.2 Å². The molecule has 0 radical (unpaired) electrons. The Morgan fingerprint density at radius 3 is 2.38 bits per heavy atom. The fourth-order valence-corrected chi connectivity index (χ4v) is 3.64. The van der Waals surface area contributed by atoms with Gasteiger partial charge in [0.15, 0.2) is 0 Å². The average Bonchev–Trinajstić information content (AvgIpc) is 2.33. The maximum atomic E-state index is 13.0. The molecule has 21 heavy (non-hydrogen) atoms. The van der Waals surface area contributed by atoms with E-state index in [1.165, 1.54) is 0 Å². The Morgan fingerprint density at radius 2 is 1.81 bits per heavy atom. The molecule has 3 nitrogen and oxygen atoms in total. The summed E-state index contributed by atoms with van der Waals surface area (Å²) >= 11 is 0. The molecule has 0 aliphatic carbocycles. The van der Waals surface area contributed by atoms with Gasteiger partial charge in [0.05, 0.1) is 18.6 Å². The van der Waals surface area contributed by atoms with Crippen molar-refractivity contribution >= 4 is 0 Å². The van der Waals surface area contributed by atoms with Gasteiger partial charge in [-0.05, 0) is 25.3 Å². The van der Waals surface area contributed by atoms with Gasteiger partial charge in [-0.3, -0.25) is 4.90 Å². The van der Waals surface area contributed by atoms with E-state index in [2.05, 4.69) is 16.7 Å². The summed E-state index contributed by atoms with van der Waals surface area (Å²) in [6.07, 6.45) is -3.60. The molecule has 2 atom stereocenters. The summed E-state index contributed by atoms with van der Waals surface area (Å²) in [4.78, 5) is 4.53. The van der Waals surface area contributed by atoms with Gasteiger partial charge in [0.2, 0.25) is 0 Å². The van der Waals surface area contributed by atoms with Crippen LogP contribution in [-0.4, -0.2) is 68.0 Å². The largest absolute Gasteiger partial charge is 0.392 e. The molecule has 0 N–H and O–H groups in total. The molecule has 0 aromatic heterocycles. The Hall–Kier alpha value is -0.330. The zero-order chi connectivity index (χ0) is 15.7. The highest BCUT2D eigenvalue weighted by atomic mass is 19.4. The first kappa shape index (κ1) is 17.0. The third-order valence-electron chi connectivity index (χ3n) is 4.76. The van der Waals surface area contributed by atoms with Crippen LogP contribution in [0.2, 0.25) is 0 Å². The first-order valence-electron chi connectivity index (χ1n) is 7.81. The van der Waals surface area contributed by atoms with Gasteiger partial charge in [-0.15, -0.1) is 0 Å². The summed E-state index contributed by atoms with van der Waals surface area (Å²) in [6.45, 7) is 11.0. The number of halogens is 3. The Kier molecular flexibility index (Phi) is 5.21. The molecule has 0 bridgehead atoms. The number of morpholine rings is 1. The molecule has 0 unspecified atom stereocenters. The maximum absolute atomic E-state index is 13.0. The number of rotatable bonds is 3. The number of ether oxygens (including phenoxy) is 1. The van der Waals surface area contributed by atoms with Gasteiger partial charge in [0, 0.05) is 32.7 Å². The number of piperidine rings is 1. The van der Waals surface area contributed by atoms with Crippen molar-refractivity contribution in [1.82, 2.24) is 9.80 Å². The molecule has 0 spiro atoms. The van der Waals surface area contributed by atoms with Gasteiger partial charge >= 0.3 is 6.18 Å². The van der Waals surface area contributed by atoms with E-state index in [4.69, 9.17) is 4.74 Å². The Bertz CT molecular complexity index is 346. The molecule has 2 aliphatic rings. The molecular weight excluding hydrogens is 281 g/mol. The number of likely N-dealkylation sites (tertiary alicyclic amines) is 1. The number of alkyl halides is 3. The smallest absolute Gasteiger partial charge is 0.376 e. The lowest BCUT2D eigenvalue weighted by molar-refractivity contribution is -0.217. The van der Waals surface area contributed by atoms with E-state index >= 15 is 0 Å². The van der Waals surface area contributed by atoms with Crippen LogP contribution >= 0.6 is 0 Å². The molecule has 0 aromatic rings. The van der Waals surface area contributed by atoms with Gasteiger partial charge in [-0.25, -0.2) is 0 Å². The van der Waals surface area contributed by atoms with Crippen LogP contribution in [0.15, 0.2) is 0 Å². The van der Waals surface area contributed by atoms with Crippen molar-refractivity contribution in [2.45, 2.75) is 39.5 Å². The minimum Gasteiger partial charge on any atom is -0.376 e. The SMILES string of the molecule is C[C@H]1CN(CCN2CC[C@H](C(F)(F)F)C(C)(C)C2)CCO1. The van der Waals surface area contributed by atoms with Crippen molar-refractivity contribution in [1.29, 1.82) is 0 Å². The highest BCUT2D eigenvalue weighted by Crippen LogP contribution is 2.44. The van der Waals surface area contributed by atoms with E-state index < -0.39 is 17.5 Å². The van der Waals surface area contributed by atoms with Crippen molar-refractivity contribution in [3.63, 3.8) is 0 Å². The van der Waals surface area contributed by atoms with Gasteiger partial charge in [0.1, 0.15) is 0 Å². The van der Waals surface area contributed by atoms with Crippen LogP contribution in [0, 0.1) is 11.3 Å². The van der Waals surface area contributed by atoms with Crippen LogP contribution in [0.4, 0.5) is 13.2 Å². The lowest BCUT2D eigenvalue weighted by Crippen LogP contribution is -2.52. The van der Waals surface area contributed by atoms with Crippen LogP contribution < -0.4 is 0 Å². The normalized spacial score (nSPS) is 32.3. The molecule has 2 fully saturated rings. The predicted octanol–water partition coefficient (Wildman–Crippen LogP) is 2.62. The highest BCUT2D eigenvalue weighted by molar-refractivity contribution is 4.91. The number of nitrogens with zero attached hydrogens (tertiary/aromatic N) is 2. The highest BCUT2D eigenvalue weighted by Gasteiger charge is 2.50. The minimum atomic E-state index is -4.07. The van der Waals surface area contributed by atoms with E-state index in [1.54, 1.807) is 13.8 Å². The van der Waals surface area contributed by atoms with E-state index in [-0.39, 0.29) is 12.5 Å². The fraction of sp³-hybridized carbons (Fsp3) is 1.00. The van der Waals surface area contributed by atoms with E-state index in [1.807, 2.05) is 0 Å². The Balaban J connectivity index is 1.81. The standard InChI is InChI=1S/C15H27F3N2O/c1-12-10-19(8-9-21-12)6-7-20-5-4-13(15(16,17)18)14(2,3)11-20/h12-13H,4-11H2,1-3H3/t12-,13-/m0/s1. The van der Waals surface area contributed by atoms with Crippen LogP contribution in [0.5, 0.6) is 0 Å². The first-order valence-corrected chi connectivity index (χ1v) is 7.81. The summed E-state index contributed by atoms with van der Waals surface area (Å²) in [5.41, 5.74) is -0.700. The van der Waals surface area contributed by atoms with Crippen molar-refractivity contribution < 1.29 is 17.9 Å². The third kappa shape index (κ3) is 4.57. The molecule has 0 aromatic carbocycles. The molecular formula is C15H27F3N2O. The Labute approximate surface area is 125 Å². The second kappa shape index (κ2) is 6.42. The average molecular weight is 308 g/mol. The molecule has 2 saturated heterocycles. The van der Waals surface area contributed by atoms with Crippen molar-refractivity contribution in [2.75, 3.05) is 45.9 Å². The summed E-state index contributed by atoms with van der Waals surface area (Å²) < 4.78 is 44.6. The lowest BCUT2D eigenvalue weighted by Gasteiger charge is -2.45. The minimum absolute atomic E-state index is 0.218. The molecule has 2 heterocycles. The second-order valence-electron chi connectivity index (χ2n) is 7.13. The zero-order valence-corrected chi connectivity index (χ0v) is 13.2. The molecule has 0 amide bonds. The van der Waals surface area contributed by atoms with E-state index in [0.29, 0.717) is 13.1 Å².